The largest absolute Gasteiger partial charge is 0.455 e. The zero-order valence-electron chi connectivity index (χ0n) is 20.1. The van der Waals surface area contributed by atoms with Gasteiger partial charge < -0.3 is 20.3 Å². The summed E-state index contributed by atoms with van der Waals surface area (Å²) >= 11 is 0. The number of rotatable bonds is 11. The third kappa shape index (κ3) is 7.71. The lowest BCUT2D eigenvalue weighted by Gasteiger charge is -2.21. The number of esters is 1. The van der Waals surface area contributed by atoms with E-state index in [1.807, 2.05) is 60.7 Å². The summed E-state index contributed by atoms with van der Waals surface area (Å²) < 4.78 is 5.20. The molecule has 1 atom stereocenters. The van der Waals surface area contributed by atoms with Gasteiger partial charge in [-0.15, -0.1) is 0 Å². The van der Waals surface area contributed by atoms with Crippen molar-refractivity contribution >= 4 is 29.2 Å². The Bertz CT molecular complexity index is 1100. The highest BCUT2D eigenvalue weighted by atomic mass is 16.5. The van der Waals surface area contributed by atoms with Crippen LogP contribution in [0.25, 0.3) is 0 Å². The van der Waals surface area contributed by atoms with E-state index in [0.29, 0.717) is 11.3 Å². The molecule has 0 heterocycles. The Morgan fingerprint density at radius 2 is 1.43 bits per heavy atom. The van der Waals surface area contributed by atoms with Crippen LogP contribution in [0, 0.1) is 0 Å². The Balaban J connectivity index is 1.55. The van der Waals surface area contributed by atoms with Crippen LogP contribution in [0.1, 0.15) is 42.2 Å². The molecule has 0 aromatic heterocycles. The lowest BCUT2D eigenvalue weighted by molar-refractivity contribution is -0.147. The van der Waals surface area contributed by atoms with Crippen molar-refractivity contribution in [1.29, 1.82) is 0 Å². The van der Waals surface area contributed by atoms with Crippen LogP contribution in [0.15, 0.2) is 84.9 Å². The second kappa shape index (κ2) is 12.9. The monoisotopic (exact) mass is 473 g/mol. The van der Waals surface area contributed by atoms with Gasteiger partial charge in [0.15, 0.2) is 6.61 Å². The average Bonchev–Trinajstić information content (AvgIpc) is 2.90. The maximum Gasteiger partial charge on any atom is 0.308 e. The number of carbonyl (C=O) groups excluding carboxylic acids is 3. The van der Waals surface area contributed by atoms with Gasteiger partial charge in [-0.25, -0.2) is 0 Å². The number of carbonyl (C=O) groups is 3. The summed E-state index contributed by atoms with van der Waals surface area (Å²) in [6, 6.07) is 24.9. The third-order valence-electron chi connectivity index (χ3n) is 5.56. The lowest BCUT2D eigenvalue weighted by atomic mass is 10.0. The molecule has 0 aliphatic carbocycles. The van der Waals surface area contributed by atoms with E-state index >= 15 is 0 Å². The Labute approximate surface area is 206 Å². The number of nitrogens with zero attached hydrogens (tertiary/aromatic N) is 1. The molecule has 2 N–H and O–H groups in total. The summed E-state index contributed by atoms with van der Waals surface area (Å²) in [6.07, 6.45) is -0.103. The van der Waals surface area contributed by atoms with E-state index in [1.54, 1.807) is 24.3 Å². The normalized spacial score (nSPS) is 11.3. The van der Waals surface area contributed by atoms with E-state index in [9.17, 15) is 14.4 Å². The average molecular weight is 474 g/mol. The number of hydrogen-bond donors (Lipinski definition) is 2. The number of nitrogens with one attached hydrogen (secondary N) is 2. The topological polar surface area (TPSA) is 87.7 Å². The van der Waals surface area contributed by atoms with Crippen LogP contribution in [0.2, 0.25) is 0 Å². The van der Waals surface area contributed by atoms with Gasteiger partial charge in [-0.2, -0.15) is 0 Å². The van der Waals surface area contributed by atoms with Crippen molar-refractivity contribution in [3.05, 3.63) is 96.1 Å². The Morgan fingerprint density at radius 3 is 2.03 bits per heavy atom. The quantitative estimate of drug-likeness (QED) is 0.398. The maximum absolute atomic E-state index is 12.7. The maximum atomic E-state index is 12.7. The first-order chi connectivity index (χ1) is 17.0. The summed E-state index contributed by atoms with van der Waals surface area (Å²) in [5.74, 6) is -1.31. The molecule has 7 nitrogen and oxygen atoms in total. The Hall–Kier alpha value is -4.13. The smallest absolute Gasteiger partial charge is 0.308 e. The fraction of sp³-hybridized carbons (Fsp3) is 0.250. The molecule has 35 heavy (non-hydrogen) atoms. The summed E-state index contributed by atoms with van der Waals surface area (Å²) in [7, 11) is 0. The Morgan fingerprint density at radius 1 is 0.829 bits per heavy atom. The zero-order chi connectivity index (χ0) is 25.0. The zero-order valence-corrected chi connectivity index (χ0v) is 20.1. The van der Waals surface area contributed by atoms with Crippen molar-refractivity contribution in [2.75, 3.05) is 29.9 Å². The van der Waals surface area contributed by atoms with Gasteiger partial charge in [0.25, 0.3) is 11.8 Å². The van der Waals surface area contributed by atoms with Crippen LogP contribution in [0.4, 0.5) is 11.4 Å². The standard InChI is InChI=1S/C28H31N3O4/c1-3-31(4-2)24-17-15-23(16-18-24)29-26(32)20-35-27(33)19-25(21-11-7-5-8-12-21)30-28(34)22-13-9-6-10-14-22/h5-18,25H,3-4,19-20H2,1-2H3,(H,29,32)(H,30,34). The predicted molar refractivity (Wildman–Crippen MR) is 137 cm³/mol. The molecule has 0 bridgehead atoms. The number of amides is 2. The van der Waals surface area contributed by atoms with E-state index in [0.717, 1.165) is 24.3 Å². The van der Waals surface area contributed by atoms with Crippen LogP contribution >= 0.6 is 0 Å². The van der Waals surface area contributed by atoms with Gasteiger partial charge in [0.1, 0.15) is 0 Å². The first-order valence-corrected chi connectivity index (χ1v) is 11.7. The van der Waals surface area contributed by atoms with Crippen molar-refractivity contribution in [2.24, 2.45) is 0 Å². The molecule has 7 heteroatoms. The molecule has 0 saturated carbocycles. The van der Waals surface area contributed by atoms with E-state index < -0.39 is 24.5 Å². The van der Waals surface area contributed by atoms with Gasteiger partial charge in [-0.1, -0.05) is 48.5 Å². The molecular formula is C28H31N3O4. The first-order valence-electron chi connectivity index (χ1n) is 11.7. The second-order valence-electron chi connectivity index (χ2n) is 7.93. The highest BCUT2D eigenvalue weighted by Gasteiger charge is 2.20. The van der Waals surface area contributed by atoms with Gasteiger partial charge in [0.2, 0.25) is 0 Å². The molecule has 0 saturated heterocycles. The van der Waals surface area contributed by atoms with Crippen LogP contribution < -0.4 is 15.5 Å². The summed E-state index contributed by atoms with van der Waals surface area (Å²) in [5.41, 5.74) is 2.96. The van der Waals surface area contributed by atoms with Crippen molar-refractivity contribution in [2.45, 2.75) is 26.3 Å². The minimum atomic E-state index is -0.591. The van der Waals surface area contributed by atoms with Crippen molar-refractivity contribution in [3.63, 3.8) is 0 Å². The fourth-order valence-corrected chi connectivity index (χ4v) is 3.68. The number of anilines is 2. The van der Waals surface area contributed by atoms with E-state index in [-0.39, 0.29) is 12.3 Å². The lowest BCUT2D eigenvalue weighted by Crippen LogP contribution is -2.31. The number of ether oxygens (including phenoxy) is 1. The molecule has 0 radical (unpaired) electrons. The molecule has 2 amide bonds. The SMILES string of the molecule is CCN(CC)c1ccc(NC(=O)COC(=O)CC(NC(=O)c2ccccc2)c2ccccc2)cc1. The molecule has 1 unspecified atom stereocenters. The highest BCUT2D eigenvalue weighted by Crippen LogP contribution is 2.19. The number of hydrogen-bond acceptors (Lipinski definition) is 5. The third-order valence-corrected chi connectivity index (χ3v) is 5.56. The second-order valence-corrected chi connectivity index (χ2v) is 7.93. The molecule has 3 aromatic rings. The molecule has 3 aromatic carbocycles. The van der Waals surface area contributed by atoms with Crippen LogP contribution in [-0.2, 0) is 14.3 Å². The summed E-state index contributed by atoms with van der Waals surface area (Å²) in [6.45, 7) is 5.55. The molecule has 0 aliphatic rings. The molecule has 0 fully saturated rings. The highest BCUT2D eigenvalue weighted by molar-refractivity contribution is 5.95. The van der Waals surface area contributed by atoms with Crippen molar-refractivity contribution in [3.8, 4) is 0 Å². The summed E-state index contributed by atoms with van der Waals surface area (Å²) in [4.78, 5) is 39.7. The van der Waals surface area contributed by atoms with Gasteiger partial charge in [0, 0.05) is 30.0 Å². The fourth-order valence-electron chi connectivity index (χ4n) is 3.68. The first kappa shape index (κ1) is 25.5. The van der Waals surface area contributed by atoms with Gasteiger partial charge in [0.05, 0.1) is 12.5 Å². The van der Waals surface area contributed by atoms with Gasteiger partial charge >= 0.3 is 5.97 Å². The van der Waals surface area contributed by atoms with Crippen LogP contribution in [0.5, 0.6) is 0 Å². The molecule has 0 aliphatic heterocycles. The molecular weight excluding hydrogens is 442 g/mol. The minimum Gasteiger partial charge on any atom is -0.455 e. The summed E-state index contributed by atoms with van der Waals surface area (Å²) in [5, 5.41) is 5.62. The van der Waals surface area contributed by atoms with Crippen molar-refractivity contribution in [1.82, 2.24) is 5.32 Å². The predicted octanol–water partition coefficient (Wildman–Crippen LogP) is 4.58. The van der Waals surface area contributed by atoms with Crippen molar-refractivity contribution < 1.29 is 19.1 Å². The molecule has 182 valence electrons. The van der Waals surface area contributed by atoms with E-state index in [2.05, 4.69) is 29.4 Å². The molecule has 0 spiro atoms. The van der Waals surface area contributed by atoms with Crippen LogP contribution in [-0.4, -0.2) is 37.5 Å². The van der Waals surface area contributed by atoms with E-state index in [4.69, 9.17) is 4.74 Å². The minimum absolute atomic E-state index is 0.103. The molecule has 3 rings (SSSR count). The van der Waals surface area contributed by atoms with Gasteiger partial charge in [-0.05, 0) is 55.8 Å². The Kier molecular flexibility index (Phi) is 9.42. The number of benzene rings is 3. The van der Waals surface area contributed by atoms with E-state index in [1.165, 1.54) is 0 Å². The van der Waals surface area contributed by atoms with Gasteiger partial charge in [-0.3, -0.25) is 14.4 Å². The van der Waals surface area contributed by atoms with Crippen LogP contribution in [0.3, 0.4) is 0 Å².